The van der Waals surface area contributed by atoms with E-state index in [0.29, 0.717) is 24.2 Å². The number of hydrogen-bond donors (Lipinski definition) is 1. The van der Waals surface area contributed by atoms with Crippen molar-refractivity contribution in [3.63, 3.8) is 0 Å². The summed E-state index contributed by atoms with van der Waals surface area (Å²) in [4.78, 5) is 30.5. The SMILES string of the molecule is CCC(=O)Nc1ccc2c(c1)C(=O)N(c1ccc3ncccc3c1)C2. The van der Waals surface area contributed by atoms with Crippen LogP contribution in [0.25, 0.3) is 10.9 Å². The number of amides is 2. The number of nitrogens with one attached hydrogen (secondary N) is 1. The first-order chi connectivity index (χ1) is 12.2. The Balaban J connectivity index is 1.66. The molecule has 0 saturated carbocycles. The molecule has 0 saturated heterocycles. The van der Waals surface area contributed by atoms with Crippen LogP contribution in [0, 0.1) is 0 Å². The lowest BCUT2D eigenvalue weighted by Crippen LogP contribution is -2.22. The molecule has 2 amide bonds. The fraction of sp³-hybridized carbons (Fsp3) is 0.150. The highest BCUT2D eigenvalue weighted by molar-refractivity contribution is 6.11. The molecule has 5 nitrogen and oxygen atoms in total. The average Bonchev–Trinajstić information content (AvgIpc) is 2.97. The molecule has 1 aromatic heterocycles. The van der Waals surface area contributed by atoms with Gasteiger partial charge in [0.25, 0.3) is 5.91 Å². The molecule has 2 heterocycles. The number of anilines is 2. The van der Waals surface area contributed by atoms with E-state index in [0.717, 1.165) is 22.2 Å². The van der Waals surface area contributed by atoms with E-state index in [1.165, 1.54) is 0 Å². The van der Waals surface area contributed by atoms with Crippen LogP contribution in [0.5, 0.6) is 0 Å². The number of carbonyl (C=O) groups excluding carboxylic acids is 2. The van der Waals surface area contributed by atoms with Gasteiger partial charge in [0.1, 0.15) is 0 Å². The van der Waals surface area contributed by atoms with Gasteiger partial charge in [-0.2, -0.15) is 0 Å². The smallest absolute Gasteiger partial charge is 0.259 e. The van der Waals surface area contributed by atoms with Crippen molar-refractivity contribution in [1.82, 2.24) is 4.98 Å². The van der Waals surface area contributed by atoms with Crippen LogP contribution < -0.4 is 10.2 Å². The highest BCUT2D eigenvalue weighted by atomic mass is 16.2. The molecule has 1 aliphatic heterocycles. The molecule has 5 heteroatoms. The average molecular weight is 331 g/mol. The number of benzene rings is 2. The molecule has 25 heavy (non-hydrogen) atoms. The van der Waals surface area contributed by atoms with Crippen LogP contribution in [-0.4, -0.2) is 16.8 Å². The zero-order valence-electron chi connectivity index (χ0n) is 13.8. The van der Waals surface area contributed by atoms with Crippen molar-refractivity contribution in [1.29, 1.82) is 0 Å². The topological polar surface area (TPSA) is 62.3 Å². The van der Waals surface area contributed by atoms with Gasteiger partial charge in [0.05, 0.1) is 12.1 Å². The second kappa shape index (κ2) is 6.02. The second-order valence-electron chi connectivity index (χ2n) is 6.05. The largest absolute Gasteiger partial charge is 0.326 e. The first-order valence-electron chi connectivity index (χ1n) is 8.25. The highest BCUT2D eigenvalue weighted by Crippen LogP contribution is 2.31. The Labute approximate surface area is 145 Å². The molecule has 0 aliphatic carbocycles. The zero-order valence-corrected chi connectivity index (χ0v) is 13.8. The first kappa shape index (κ1) is 15.3. The van der Waals surface area contributed by atoms with Crippen molar-refractivity contribution in [2.75, 3.05) is 10.2 Å². The Bertz CT molecular complexity index is 997. The summed E-state index contributed by atoms with van der Waals surface area (Å²) in [6, 6.07) is 15.2. The molecular weight excluding hydrogens is 314 g/mol. The van der Waals surface area contributed by atoms with Crippen molar-refractivity contribution in [2.45, 2.75) is 19.9 Å². The molecule has 1 N–H and O–H groups in total. The summed E-state index contributed by atoms with van der Waals surface area (Å²) >= 11 is 0. The summed E-state index contributed by atoms with van der Waals surface area (Å²) in [7, 11) is 0. The maximum Gasteiger partial charge on any atom is 0.259 e. The summed E-state index contributed by atoms with van der Waals surface area (Å²) < 4.78 is 0. The molecule has 0 unspecified atom stereocenters. The Morgan fingerprint density at radius 3 is 2.92 bits per heavy atom. The van der Waals surface area contributed by atoms with Crippen molar-refractivity contribution >= 4 is 34.1 Å². The highest BCUT2D eigenvalue weighted by Gasteiger charge is 2.29. The van der Waals surface area contributed by atoms with Crippen LogP contribution >= 0.6 is 0 Å². The van der Waals surface area contributed by atoms with Crippen LogP contribution in [0.15, 0.2) is 54.7 Å². The molecule has 2 aromatic carbocycles. The Morgan fingerprint density at radius 1 is 1.20 bits per heavy atom. The van der Waals surface area contributed by atoms with Crippen LogP contribution in [0.3, 0.4) is 0 Å². The molecule has 124 valence electrons. The minimum absolute atomic E-state index is 0.0502. The minimum atomic E-state index is -0.0655. The summed E-state index contributed by atoms with van der Waals surface area (Å²) in [6.07, 6.45) is 2.16. The number of pyridine rings is 1. The third kappa shape index (κ3) is 2.74. The molecule has 0 radical (unpaired) electrons. The molecule has 1 aliphatic rings. The predicted octanol–water partition coefficient (Wildman–Crippen LogP) is 3.74. The molecule has 0 spiro atoms. The van der Waals surface area contributed by atoms with Gasteiger partial charge in [0.2, 0.25) is 5.91 Å². The maximum atomic E-state index is 12.8. The number of nitrogens with zero attached hydrogens (tertiary/aromatic N) is 2. The van der Waals surface area contributed by atoms with Crippen molar-refractivity contribution in [2.24, 2.45) is 0 Å². The quantitative estimate of drug-likeness (QED) is 0.795. The Kier molecular flexibility index (Phi) is 3.69. The van der Waals surface area contributed by atoms with Crippen LogP contribution in [0.4, 0.5) is 11.4 Å². The third-order valence-corrected chi connectivity index (χ3v) is 4.42. The second-order valence-corrected chi connectivity index (χ2v) is 6.05. The number of aromatic nitrogens is 1. The summed E-state index contributed by atoms with van der Waals surface area (Å²) in [5, 5.41) is 3.80. The zero-order chi connectivity index (χ0) is 17.4. The van der Waals surface area contributed by atoms with Crippen molar-refractivity contribution in [3.05, 3.63) is 65.9 Å². The van der Waals surface area contributed by atoms with Crippen LogP contribution in [-0.2, 0) is 11.3 Å². The fourth-order valence-corrected chi connectivity index (χ4v) is 3.07. The summed E-state index contributed by atoms with van der Waals surface area (Å²) in [6.45, 7) is 2.33. The number of rotatable bonds is 3. The Morgan fingerprint density at radius 2 is 2.08 bits per heavy atom. The molecular formula is C20H17N3O2. The fourth-order valence-electron chi connectivity index (χ4n) is 3.07. The lowest BCUT2D eigenvalue weighted by atomic mass is 10.1. The summed E-state index contributed by atoms with van der Waals surface area (Å²) in [5.41, 5.74) is 4.01. The van der Waals surface area contributed by atoms with Crippen LogP contribution in [0.2, 0.25) is 0 Å². The standard InChI is InChI=1S/C20H17N3O2/c1-2-19(24)22-15-6-5-14-12-23(20(25)17(14)11-15)16-7-8-18-13(10-16)4-3-9-21-18/h3-11H,2,12H2,1H3,(H,22,24). The van der Waals surface area contributed by atoms with E-state index >= 15 is 0 Å². The number of carbonyl (C=O) groups is 2. The van der Waals surface area contributed by atoms with E-state index in [2.05, 4.69) is 10.3 Å². The van der Waals surface area contributed by atoms with Gasteiger partial charge < -0.3 is 10.2 Å². The molecule has 0 fully saturated rings. The van der Waals surface area contributed by atoms with E-state index in [9.17, 15) is 9.59 Å². The molecule has 0 bridgehead atoms. The van der Waals surface area contributed by atoms with Gasteiger partial charge in [-0.05, 0) is 42.0 Å². The minimum Gasteiger partial charge on any atom is -0.326 e. The van der Waals surface area contributed by atoms with E-state index < -0.39 is 0 Å². The lowest BCUT2D eigenvalue weighted by molar-refractivity contribution is -0.115. The van der Waals surface area contributed by atoms with Gasteiger partial charge in [-0.3, -0.25) is 14.6 Å². The predicted molar refractivity (Wildman–Crippen MR) is 97.6 cm³/mol. The maximum absolute atomic E-state index is 12.8. The lowest BCUT2D eigenvalue weighted by Gasteiger charge is -2.16. The molecule has 3 aromatic rings. The summed E-state index contributed by atoms with van der Waals surface area (Å²) in [5.74, 6) is -0.116. The van der Waals surface area contributed by atoms with E-state index in [1.807, 2.05) is 42.5 Å². The monoisotopic (exact) mass is 331 g/mol. The van der Waals surface area contributed by atoms with Crippen molar-refractivity contribution in [3.8, 4) is 0 Å². The van der Waals surface area contributed by atoms with Gasteiger partial charge in [-0.15, -0.1) is 0 Å². The third-order valence-electron chi connectivity index (χ3n) is 4.42. The van der Waals surface area contributed by atoms with Gasteiger partial charge in [0.15, 0.2) is 0 Å². The first-order valence-corrected chi connectivity index (χ1v) is 8.25. The van der Waals surface area contributed by atoms with Gasteiger partial charge in [-0.1, -0.05) is 19.1 Å². The Hall–Kier alpha value is -3.21. The normalized spacial score (nSPS) is 13.2. The van der Waals surface area contributed by atoms with E-state index in [1.54, 1.807) is 24.1 Å². The van der Waals surface area contributed by atoms with Gasteiger partial charge in [0, 0.05) is 34.9 Å². The van der Waals surface area contributed by atoms with Crippen molar-refractivity contribution < 1.29 is 9.59 Å². The number of hydrogen-bond acceptors (Lipinski definition) is 3. The van der Waals surface area contributed by atoms with E-state index in [-0.39, 0.29) is 11.8 Å². The molecule has 0 atom stereocenters. The van der Waals surface area contributed by atoms with E-state index in [4.69, 9.17) is 0 Å². The molecule has 4 rings (SSSR count). The van der Waals surface area contributed by atoms with Gasteiger partial charge >= 0.3 is 0 Å². The van der Waals surface area contributed by atoms with Crippen LogP contribution in [0.1, 0.15) is 29.3 Å². The number of fused-ring (bicyclic) bond motifs is 2. The van der Waals surface area contributed by atoms with Gasteiger partial charge in [-0.25, -0.2) is 0 Å².